The molecule has 0 spiro atoms. The Bertz CT molecular complexity index is 188. The third-order valence-corrected chi connectivity index (χ3v) is 2.98. The highest BCUT2D eigenvalue weighted by molar-refractivity contribution is 5.75. The molecule has 0 saturated carbocycles. The summed E-state index contributed by atoms with van der Waals surface area (Å²) in [5.41, 5.74) is 0. The number of nitrogens with zero attached hydrogens (tertiary/aromatic N) is 1. The highest BCUT2D eigenvalue weighted by atomic mass is 16.1. The molecule has 16 heavy (non-hydrogen) atoms. The summed E-state index contributed by atoms with van der Waals surface area (Å²) in [6, 6.07) is 0.429. The van der Waals surface area contributed by atoms with Gasteiger partial charge in [-0.15, -0.1) is 0 Å². The molecule has 0 heterocycles. The molecule has 0 aromatic carbocycles. The molecule has 0 aliphatic rings. The molecule has 1 N–H and O–H groups in total. The second kappa shape index (κ2) is 8.57. The minimum absolute atomic E-state index is 0.188. The normalized spacial score (nSPS) is 13.2. The van der Waals surface area contributed by atoms with Gasteiger partial charge in [-0.25, -0.2) is 0 Å². The lowest BCUT2D eigenvalue weighted by Gasteiger charge is -2.26. The van der Waals surface area contributed by atoms with Crippen LogP contribution >= 0.6 is 0 Å². The standard InChI is InChI=1S/C13H28N2O/c1-6-15(7-2)12(5)10-14-13(16)9-8-11(3)4/h11-12H,6-10H2,1-5H3,(H,14,16). The highest BCUT2D eigenvalue weighted by Gasteiger charge is 2.11. The Kier molecular flexibility index (Phi) is 8.26. The van der Waals surface area contributed by atoms with Crippen molar-refractivity contribution in [1.29, 1.82) is 0 Å². The molecule has 0 fully saturated rings. The van der Waals surface area contributed by atoms with E-state index < -0.39 is 0 Å². The van der Waals surface area contributed by atoms with Gasteiger partial charge in [0.2, 0.25) is 5.91 Å². The Balaban J connectivity index is 3.73. The summed E-state index contributed by atoms with van der Waals surface area (Å²) < 4.78 is 0. The molecule has 0 rings (SSSR count). The fourth-order valence-corrected chi connectivity index (χ4v) is 1.75. The van der Waals surface area contributed by atoms with E-state index in [1.807, 2.05) is 0 Å². The summed E-state index contributed by atoms with van der Waals surface area (Å²) in [6.45, 7) is 13.6. The van der Waals surface area contributed by atoms with Crippen LogP contribution in [0.2, 0.25) is 0 Å². The molecule has 0 saturated heterocycles. The maximum Gasteiger partial charge on any atom is 0.220 e. The molecular formula is C13H28N2O. The third kappa shape index (κ3) is 6.83. The van der Waals surface area contributed by atoms with E-state index in [0.717, 1.165) is 26.1 Å². The Morgan fingerprint density at radius 3 is 2.19 bits per heavy atom. The molecule has 0 aromatic heterocycles. The summed E-state index contributed by atoms with van der Waals surface area (Å²) in [5.74, 6) is 0.790. The lowest BCUT2D eigenvalue weighted by atomic mass is 10.1. The van der Waals surface area contributed by atoms with Gasteiger partial charge in [0.1, 0.15) is 0 Å². The van der Waals surface area contributed by atoms with E-state index in [4.69, 9.17) is 0 Å². The molecule has 1 unspecified atom stereocenters. The van der Waals surface area contributed by atoms with Crippen LogP contribution < -0.4 is 5.32 Å². The molecule has 96 valence electrons. The van der Waals surface area contributed by atoms with E-state index in [0.29, 0.717) is 18.4 Å². The molecular weight excluding hydrogens is 200 g/mol. The Morgan fingerprint density at radius 2 is 1.75 bits per heavy atom. The number of amides is 1. The fourth-order valence-electron chi connectivity index (χ4n) is 1.75. The van der Waals surface area contributed by atoms with E-state index in [2.05, 4.69) is 44.8 Å². The quantitative estimate of drug-likeness (QED) is 0.691. The van der Waals surface area contributed by atoms with Gasteiger partial charge in [0.05, 0.1) is 0 Å². The van der Waals surface area contributed by atoms with Crippen LogP contribution in [0, 0.1) is 5.92 Å². The lowest BCUT2D eigenvalue weighted by Crippen LogP contribution is -2.42. The molecule has 0 bridgehead atoms. The number of nitrogens with one attached hydrogen (secondary N) is 1. The summed E-state index contributed by atoms with van der Waals surface area (Å²) in [4.78, 5) is 13.9. The lowest BCUT2D eigenvalue weighted by molar-refractivity contribution is -0.121. The van der Waals surface area contributed by atoms with Gasteiger partial charge in [-0.3, -0.25) is 9.69 Å². The second-order valence-electron chi connectivity index (χ2n) is 4.81. The molecule has 3 nitrogen and oxygen atoms in total. The van der Waals surface area contributed by atoms with Crippen LogP contribution in [0.25, 0.3) is 0 Å². The van der Waals surface area contributed by atoms with E-state index >= 15 is 0 Å². The molecule has 3 heteroatoms. The van der Waals surface area contributed by atoms with Crippen LogP contribution in [-0.4, -0.2) is 36.5 Å². The summed E-state index contributed by atoms with van der Waals surface area (Å²) in [7, 11) is 0. The van der Waals surface area contributed by atoms with Crippen LogP contribution in [0.3, 0.4) is 0 Å². The monoisotopic (exact) mass is 228 g/mol. The zero-order chi connectivity index (χ0) is 12.6. The van der Waals surface area contributed by atoms with Gasteiger partial charge in [-0.2, -0.15) is 0 Å². The number of hydrogen-bond acceptors (Lipinski definition) is 2. The van der Waals surface area contributed by atoms with Gasteiger partial charge in [0.25, 0.3) is 0 Å². The fraction of sp³-hybridized carbons (Fsp3) is 0.923. The Hall–Kier alpha value is -0.570. The topological polar surface area (TPSA) is 32.3 Å². The smallest absolute Gasteiger partial charge is 0.220 e. The van der Waals surface area contributed by atoms with Crippen LogP contribution in [-0.2, 0) is 4.79 Å². The van der Waals surface area contributed by atoms with Crippen molar-refractivity contribution in [1.82, 2.24) is 10.2 Å². The molecule has 0 aliphatic carbocycles. The van der Waals surface area contributed by atoms with Crippen molar-refractivity contribution in [2.75, 3.05) is 19.6 Å². The van der Waals surface area contributed by atoms with E-state index in [1.54, 1.807) is 0 Å². The molecule has 1 amide bonds. The summed E-state index contributed by atoms with van der Waals surface area (Å²) in [5, 5.41) is 3.01. The zero-order valence-corrected chi connectivity index (χ0v) is 11.5. The highest BCUT2D eigenvalue weighted by Crippen LogP contribution is 2.03. The molecule has 0 radical (unpaired) electrons. The predicted octanol–water partition coefficient (Wildman–Crippen LogP) is 2.27. The van der Waals surface area contributed by atoms with E-state index in [1.165, 1.54) is 0 Å². The predicted molar refractivity (Wildman–Crippen MR) is 69.5 cm³/mol. The van der Waals surface area contributed by atoms with Crippen LogP contribution in [0.4, 0.5) is 0 Å². The molecule has 1 atom stereocenters. The first-order valence-electron chi connectivity index (χ1n) is 6.51. The van der Waals surface area contributed by atoms with Crippen molar-refractivity contribution in [3.05, 3.63) is 0 Å². The third-order valence-electron chi connectivity index (χ3n) is 2.98. The Labute approximate surface area is 101 Å². The van der Waals surface area contributed by atoms with Gasteiger partial charge in [-0.1, -0.05) is 27.7 Å². The van der Waals surface area contributed by atoms with Gasteiger partial charge < -0.3 is 5.32 Å². The number of carbonyl (C=O) groups is 1. The SMILES string of the molecule is CCN(CC)C(C)CNC(=O)CCC(C)C. The maximum absolute atomic E-state index is 11.5. The van der Waals surface area contributed by atoms with Crippen molar-refractivity contribution >= 4 is 5.91 Å². The van der Waals surface area contributed by atoms with Crippen LogP contribution in [0.5, 0.6) is 0 Å². The number of rotatable bonds is 8. The Morgan fingerprint density at radius 1 is 1.19 bits per heavy atom. The van der Waals surface area contributed by atoms with E-state index in [9.17, 15) is 4.79 Å². The first kappa shape index (κ1) is 15.4. The van der Waals surface area contributed by atoms with Crippen LogP contribution in [0.15, 0.2) is 0 Å². The molecule has 0 aliphatic heterocycles. The minimum Gasteiger partial charge on any atom is -0.355 e. The summed E-state index contributed by atoms with van der Waals surface area (Å²) >= 11 is 0. The summed E-state index contributed by atoms with van der Waals surface area (Å²) in [6.07, 6.45) is 1.63. The van der Waals surface area contributed by atoms with Gasteiger partial charge in [-0.05, 0) is 32.4 Å². The van der Waals surface area contributed by atoms with Crippen molar-refractivity contribution in [2.24, 2.45) is 5.92 Å². The first-order chi connectivity index (χ1) is 7.51. The number of hydrogen-bond donors (Lipinski definition) is 1. The van der Waals surface area contributed by atoms with Crippen LogP contribution in [0.1, 0.15) is 47.5 Å². The van der Waals surface area contributed by atoms with Gasteiger partial charge in [0, 0.05) is 19.0 Å². The number of carbonyl (C=O) groups excluding carboxylic acids is 1. The molecule has 0 aromatic rings. The van der Waals surface area contributed by atoms with Crippen molar-refractivity contribution in [3.63, 3.8) is 0 Å². The van der Waals surface area contributed by atoms with Crippen molar-refractivity contribution in [3.8, 4) is 0 Å². The van der Waals surface area contributed by atoms with Crippen molar-refractivity contribution in [2.45, 2.75) is 53.5 Å². The zero-order valence-electron chi connectivity index (χ0n) is 11.5. The second-order valence-corrected chi connectivity index (χ2v) is 4.81. The minimum atomic E-state index is 0.188. The maximum atomic E-state index is 11.5. The largest absolute Gasteiger partial charge is 0.355 e. The van der Waals surface area contributed by atoms with E-state index in [-0.39, 0.29) is 5.91 Å². The number of likely N-dealkylation sites (N-methyl/N-ethyl adjacent to an activating group) is 1. The van der Waals surface area contributed by atoms with Gasteiger partial charge >= 0.3 is 0 Å². The van der Waals surface area contributed by atoms with Crippen molar-refractivity contribution < 1.29 is 4.79 Å². The average molecular weight is 228 g/mol. The first-order valence-corrected chi connectivity index (χ1v) is 6.51. The average Bonchev–Trinajstić information content (AvgIpc) is 2.25. The van der Waals surface area contributed by atoms with Gasteiger partial charge in [0.15, 0.2) is 0 Å².